The number of nitrogens with zero attached hydrogens (tertiary/aromatic N) is 1. The van der Waals surface area contributed by atoms with Crippen molar-refractivity contribution in [3.63, 3.8) is 0 Å². The number of quaternary nitrogens is 1. The van der Waals surface area contributed by atoms with Crippen molar-refractivity contribution in [1.29, 1.82) is 0 Å². The Labute approximate surface area is 347 Å². The summed E-state index contributed by atoms with van der Waals surface area (Å²) in [6, 6.07) is 0. The lowest BCUT2D eigenvalue weighted by Crippen LogP contribution is -2.37. The Balaban J connectivity index is 2.32. The molecule has 0 aromatic heterocycles. The van der Waals surface area contributed by atoms with Crippen molar-refractivity contribution in [2.24, 2.45) is 0 Å². The first-order valence-corrected chi connectivity index (χ1v) is 23.6. The molecule has 1 rings (SSSR count). The average Bonchev–Trinajstić information content (AvgIpc) is 3.93. The first kappa shape index (κ1) is 52.7. The number of phosphoric acid groups is 1. The summed E-state index contributed by atoms with van der Waals surface area (Å²) in [5.74, 6) is -0.902. The van der Waals surface area contributed by atoms with Crippen molar-refractivity contribution in [3.8, 4) is 0 Å². The molecule has 10 nitrogen and oxygen atoms in total. The van der Waals surface area contributed by atoms with E-state index in [1.165, 1.54) is 64.2 Å². The van der Waals surface area contributed by atoms with Crippen LogP contribution in [0, 0.1) is 0 Å². The van der Waals surface area contributed by atoms with E-state index in [0.29, 0.717) is 29.7 Å². The third-order valence-electron chi connectivity index (χ3n) is 9.55. The Hall–Kier alpha value is -2.33. The topological polar surface area (TPSA) is 121 Å². The lowest BCUT2D eigenvalue weighted by molar-refractivity contribution is -0.870. The standard InChI is InChI=1S/C46H80NO9P/c1-6-8-9-10-11-12-13-17-21-24-27-30-33-36-45(48)52-40-42(41-54-57(50,51)53-39-38-47(3,4)5)55-46(49)37-34-31-28-25-22-19-16-14-15-18-20-23-26-29-32-35-44-43(7-2)56-44/h14-15,19-20,22-23,28-29,31-32,42-44H,6-13,16-18,21,24-27,30,33-41H2,1-5H3/p+1/b15-14-,22-19-,23-20-,31-28-,32-29-. The summed E-state index contributed by atoms with van der Waals surface area (Å²) in [7, 11) is 1.42. The van der Waals surface area contributed by atoms with Crippen LogP contribution in [0.4, 0.5) is 0 Å². The van der Waals surface area contributed by atoms with Crippen LogP contribution in [0.2, 0.25) is 0 Å². The largest absolute Gasteiger partial charge is 0.472 e. The van der Waals surface area contributed by atoms with E-state index in [4.69, 9.17) is 23.3 Å². The molecule has 57 heavy (non-hydrogen) atoms. The van der Waals surface area contributed by atoms with Crippen LogP contribution in [-0.4, -0.2) is 87.1 Å². The molecule has 0 saturated carbocycles. The van der Waals surface area contributed by atoms with Gasteiger partial charge < -0.3 is 23.6 Å². The smallest absolute Gasteiger partial charge is 0.462 e. The Morgan fingerprint density at radius 3 is 1.67 bits per heavy atom. The summed E-state index contributed by atoms with van der Waals surface area (Å²) < 4.78 is 39.7. The fourth-order valence-electron chi connectivity index (χ4n) is 5.93. The zero-order valence-electron chi connectivity index (χ0n) is 36.5. The summed E-state index contributed by atoms with van der Waals surface area (Å²) in [5, 5.41) is 0. The predicted molar refractivity (Wildman–Crippen MR) is 233 cm³/mol. The normalized spacial score (nSPS) is 17.7. The van der Waals surface area contributed by atoms with Gasteiger partial charge in [0.15, 0.2) is 6.10 Å². The van der Waals surface area contributed by atoms with E-state index in [9.17, 15) is 19.0 Å². The number of phosphoric ester groups is 1. The van der Waals surface area contributed by atoms with E-state index in [0.717, 1.165) is 57.8 Å². The lowest BCUT2D eigenvalue weighted by Gasteiger charge is -2.24. The molecule has 11 heteroatoms. The molecule has 0 bridgehead atoms. The molecule has 1 saturated heterocycles. The second-order valence-electron chi connectivity index (χ2n) is 16.1. The minimum Gasteiger partial charge on any atom is -0.462 e. The fraction of sp³-hybridized carbons (Fsp3) is 0.739. The van der Waals surface area contributed by atoms with Crippen LogP contribution in [0.5, 0.6) is 0 Å². The summed E-state index contributed by atoms with van der Waals surface area (Å²) in [4.78, 5) is 35.3. The predicted octanol–water partition coefficient (Wildman–Crippen LogP) is 11.5. The quantitative estimate of drug-likeness (QED) is 0.0162. The molecule has 0 radical (unpaired) electrons. The summed E-state index contributed by atoms with van der Waals surface area (Å²) >= 11 is 0. The van der Waals surface area contributed by atoms with Gasteiger partial charge in [-0.3, -0.25) is 18.6 Å². The molecule has 0 aliphatic carbocycles. The number of carbonyl (C=O) groups excluding carboxylic acids is 2. The Morgan fingerprint density at radius 2 is 1.16 bits per heavy atom. The highest BCUT2D eigenvalue weighted by molar-refractivity contribution is 7.47. The van der Waals surface area contributed by atoms with Gasteiger partial charge >= 0.3 is 19.8 Å². The van der Waals surface area contributed by atoms with E-state index in [-0.39, 0.29) is 26.1 Å². The molecule has 1 aliphatic rings. The van der Waals surface area contributed by atoms with Crippen molar-refractivity contribution in [3.05, 3.63) is 60.8 Å². The van der Waals surface area contributed by atoms with E-state index in [1.807, 2.05) is 33.3 Å². The summed E-state index contributed by atoms with van der Waals surface area (Å²) in [5.41, 5.74) is 0. The summed E-state index contributed by atoms with van der Waals surface area (Å²) in [6.07, 6.45) is 43.4. The Morgan fingerprint density at radius 1 is 0.649 bits per heavy atom. The third-order valence-corrected chi connectivity index (χ3v) is 10.5. The Kier molecular flexibility index (Phi) is 31.9. The van der Waals surface area contributed by atoms with Crippen LogP contribution in [0.3, 0.4) is 0 Å². The van der Waals surface area contributed by atoms with Gasteiger partial charge in [-0.15, -0.1) is 0 Å². The molecule has 4 atom stereocenters. The lowest BCUT2D eigenvalue weighted by atomic mass is 10.0. The molecule has 1 N–H and O–H groups in total. The molecule has 4 unspecified atom stereocenters. The van der Waals surface area contributed by atoms with Crippen LogP contribution in [-0.2, 0) is 37.4 Å². The van der Waals surface area contributed by atoms with Gasteiger partial charge in [-0.1, -0.05) is 152 Å². The van der Waals surface area contributed by atoms with Gasteiger partial charge in [-0.05, 0) is 51.4 Å². The van der Waals surface area contributed by atoms with Crippen molar-refractivity contribution >= 4 is 19.8 Å². The maximum absolute atomic E-state index is 12.7. The number of carbonyl (C=O) groups is 2. The second-order valence-corrected chi connectivity index (χ2v) is 17.5. The van der Waals surface area contributed by atoms with Crippen molar-refractivity contribution in [2.75, 3.05) is 47.5 Å². The number of hydrogen-bond acceptors (Lipinski definition) is 8. The molecule has 1 fully saturated rings. The molecular weight excluding hydrogens is 741 g/mol. The minimum absolute atomic E-state index is 0.0148. The molecular formula is C46H81NO9P+. The van der Waals surface area contributed by atoms with E-state index in [1.54, 1.807) is 0 Å². The number of ether oxygens (including phenoxy) is 3. The first-order chi connectivity index (χ1) is 27.5. The van der Waals surface area contributed by atoms with Gasteiger partial charge in [0.25, 0.3) is 0 Å². The monoisotopic (exact) mass is 823 g/mol. The number of unbranched alkanes of at least 4 members (excludes halogenated alkanes) is 12. The van der Waals surface area contributed by atoms with E-state index >= 15 is 0 Å². The van der Waals surface area contributed by atoms with Crippen LogP contribution in [0.1, 0.15) is 155 Å². The molecule has 0 amide bonds. The molecule has 0 aromatic rings. The fourth-order valence-corrected chi connectivity index (χ4v) is 6.67. The highest BCUT2D eigenvalue weighted by Gasteiger charge is 2.35. The van der Waals surface area contributed by atoms with Crippen LogP contribution in [0.15, 0.2) is 60.8 Å². The zero-order chi connectivity index (χ0) is 41.9. The van der Waals surface area contributed by atoms with Crippen molar-refractivity contribution < 1.29 is 46.8 Å². The zero-order valence-corrected chi connectivity index (χ0v) is 37.4. The van der Waals surface area contributed by atoms with Gasteiger partial charge in [-0.25, -0.2) is 4.57 Å². The van der Waals surface area contributed by atoms with Crippen molar-refractivity contribution in [2.45, 2.75) is 173 Å². The molecule has 328 valence electrons. The first-order valence-electron chi connectivity index (χ1n) is 22.1. The highest BCUT2D eigenvalue weighted by atomic mass is 31.2. The van der Waals surface area contributed by atoms with Crippen LogP contribution < -0.4 is 0 Å². The third kappa shape index (κ3) is 35.3. The molecule has 1 aliphatic heterocycles. The number of hydrogen-bond donors (Lipinski definition) is 1. The summed E-state index contributed by atoms with van der Waals surface area (Å²) in [6.45, 7) is 4.22. The average molecular weight is 823 g/mol. The van der Waals surface area contributed by atoms with E-state index < -0.39 is 32.5 Å². The van der Waals surface area contributed by atoms with Crippen LogP contribution in [0.25, 0.3) is 0 Å². The van der Waals surface area contributed by atoms with E-state index in [2.05, 4.69) is 62.5 Å². The van der Waals surface area contributed by atoms with Gasteiger partial charge in [0.2, 0.25) is 0 Å². The van der Waals surface area contributed by atoms with Gasteiger partial charge in [-0.2, -0.15) is 0 Å². The highest BCUT2D eigenvalue weighted by Crippen LogP contribution is 2.43. The number of rotatable bonds is 38. The molecule has 1 heterocycles. The van der Waals surface area contributed by atoms with Crippen molar-refractivity contribution in [1.82, 2.24) is 0 Å². The molecule has 0 spiro atoms. The SMILES string of the molecule is CCCCCCCCCCCCCCCC(=O)OCC(COP(=O)(O)OCC[N+](C)(C)C)OC(=O)CC/C=C\C/C=C\C/C=C\C/C=C\C/C=C\CC1OC1CC. The number of esters is 2. The van der Waals surface area contributed by atoms with Crippen LogP contribution >= 0.6 is 7.82 Å². The van der Waals surface area contributed by atoms with Gasteiger partial charge in [0.1, 0.15) is 19.8 Å². The van der Waals surface area contributed by atoms with Gasteiger partial charge in [0, 0.05) is 12.8 Å². The minimum atomic E-state index is -4.40. The number of likely N-dealkylation sites (N-methyl/N-ethyl adjacent to an activating group) is 1. The second kappa shape index (κ2) is 34.5. The molecule has 0 aromatic carbocycles. The number of epoxide rings is 1. The Bertz CT molecular complexity index is 1220. The van der Waals surface area contributed by atoms with Gasteiger partial charge in [0.05, 0.1) is 40.0 Å². The maximum atomic E-state index is 12.7. The number of allylic oxidation sites excluding steroid dienone is 9. The maximum Gasteiger partial charge on any atom is 0.472 e.